The van der Waals surface area contributed by atoms with E-state index < -0.39 is 0 Å². The average molecular weight is 486 g/mol. The highest BCUT2D eigenvalue weighted by Crippen LogP contribution is 2.49. The maximum Gasteiger partial charge on any atom is 0.0802 e. The van der Waals surface area contributed by atoms with Crippen molar-refractivity contribution in [2.75, 3.05) is 6.54 Å². The summed E-state index contributed by atoms with van der Waals surface area (Å²) in [6.07, 6.45) is 32.2. The van der Waals surface area contributed by atoms with E-state index in [-0.39, 0.29) is 12.0 Å². The van der Waals surface area contributed by atoms with E-state index in [1.165, 1.54) is 38.5 Å². The van der Waals surface area contributed by atoms with Crippen LogP contribution < -0.4 is 5.32 Å². The number of hydrogen-bond donors (Lipinski definition) is 1. The second-order valence-corrected chi connectivity index (χ2v) is 12.7. The summed E-state index contributed by atoms with van der Waals surface area (Å²) < 4.78 is 0. The van der Waals surface area contributed by atoms with Gasteiger partial charge in [-0.15, -0.1) is 11.8 Å². The van der Waals surface area contributed by atoms with Crippen molar-refractivity contribution < 1.29 is 0 Å². The van der Waals surface area contributed by atoms with Gasteiger partial charge in [-0.1, -0.05) is 67.7 Å². The smallest absolute Gasteiger partial charge is 0.0802 e. The molecule has 35 heavy (non-hydrogen) atoms. The maximum atomic E-state index is 9.78. The molecule has 2 aliphatic heterocycles. The Balaban J connectivity index is 1.36. The zero-order valence-electron chi connectivity index (χ0n) is 20.9. The van der Waals surface area contributed by atoms with E-state index in [0.717, 1.165) is 13.0 Å². The number of thioether (sulfide) groups is 1. The van der Waals surface area contributed by atoms with E-state index >= 15 is 0 Å². The van der Waals surface area contributed by atoms with Gasteiger partial charge >= 0.3 is 0 Å². The Morgan fingerprint density at radius 1 is 1.03 bits per heavy atom. The summed E-state index contributed by atoms with van der Waals surface area (Å²) in [6.45, 7) is 3.37. The molecular weight excluding hydrogens is 446 g/mol. The van der Waals surface area contributed by atoms with E-state index in [1.807, 2.05) is 0 Å². The van der Waals surface area contributed by atoms with E-state index in [4.69, 9.17) is 0 Å². The van der Waals surface area contributed by atoms with Crippen molar-refractivity contribution in [1.82, 2.24) is 10.2 Å². The minimum absolute atomic E-state index is 0.0263. The first-order valence-corrected chi connectivity index (χ1v) is 14.8. The molecule has 9 atom stereocenters. The van der Waals surface area contributed by atoms with Gasteiger partial charge in [-0.25, -0.2) is 0 Å². The molecule has 0 bridgehead atoms. The highest BCUT2D eigenvalue weighted by molar-refractivity contribution is 8.00. The van der Waals surface area contributed by atoms with Gasteiger partial charge in [0.2, 0.25) is 0 Å². The molecule has 0 saturated carbocycles. The normalized spacial score (nSPS) is 42.5. The summed E-state index contributed by atoms with van der Waals surface area (Å²) in [4.78, 5) is 2.89. The zero-order chi connectivity index (χ0) is 23.8. The van der Waals surface area contributed by atoms with Gasteiger partial charge in [0.05, 0.1) is 24.1 Å². The summed E-state index contributed by atoms with van der Waals surface area (Å²) in [6, 6.07) is 3.77. The van der Waals surface area contributed by atoms with Gasteiger partial charge in [0.1, 0.15) is 0 Å². The van der Waals surface area contributed by atoms with Crippen molar-refractivity contribution in [3.05, 3.63) is 72.0 Å². The quantitative estimate of drug-likeness (QED) is 0.476. The van der Waals surface area contributed by atoms with Gasteiger partial charge in [-0.05, 0) is 68.3 Å². The Labute approximate surface area is 215 Å². The Hall–Kier alpha value is -1.96. The molecule has 9 unspecified atom stereocenters. The minimum atomic E-state index is -0.0263. The molecule has 0 aromatic carbocycles. The van der Waals surface area contributed by atoms with Crippen LogP contribution in [0.4, 0.5) is 0 Å². The van der Waals surface area contributed by atoms with Crippen LogP contribution >= 0.6 is 11.8 Å². The number of nitrogens with zero attached hydrogens (tertiary/aromatic N) is 2. The predicted molar refractivity (Wildman–Crippen MR) is 147 cm³/mol. The number of hydrogen-bond acceptors (Lipinski definition) is 4. The maximum absolute atomic E-state index is 9.78. The van der Waals surface area contributed by atoms with E-state index in [2.05, 4.69) is 95.7 Å². The summed E-state index contributed by atoms with van der Waals surface area (Å²) >= 11 is 2.22. The molecule has 184 valence electrons. The van der Waals surface area contributed by atoms with Crippen LogP contribution in [0, 0.1) is 35.0 Å². The summed E-state index contributed by atoms with van der Waals surface area (Å²) in [5, 5.41) is 14.7. The molecule has 1 N–H and O–H groups in total. The number of fused-ring (bicyclic) bond motifs is 2. The molecule has 4 aliphatic carbocycles. The molecule has 6 aliphatic rings. The lowest BCUT2D eigenvalue weighted by molar-refractivity contribution is 0.197. The molecule has 1 fully saturated rings. The molecule has 4 heteroatoms. The Morgan fingerprint density at radius 3 is 2.86 bits per heavy atom. The van der Waals surface area contributed by atoms with Crippen molar-refractivity contribution in [2.45, 2.75) is 80.5 Å². The Morgan fingerprint density at radius 2 is 1.94 bits per heavy atom. The van der Waals surface area contributed by atoms with Crippen molar-refractivity contribution in [3.8, 4) is 6.07 Å². The number of allylic oxidation sites excluding steroid dienone is 6. The van der Waals surface area contributed by atoms with Crippen molar-refractivity contribution in [3.63, 3.8) is 0 Å². The van der Waals surface area contributed by atoms with Gasteiger partial charge in [0.25, 0.3) is 0 Å². The third-order valence-corrected chi connectivity index (χ3v) is 10.8. The van der Waals surface area contributed by atoms with Gasteiger partial charge < -0.3 is 10.2 Å². The fraction of sp³-hybridized carbons (Fsp3) is 0.581. The van der Waals surface area contributed by atoms with Crippen LogP contribution in [0.25, 0.3) is 0 Å². The van der Waals surface area contributed by atoms with Gasteiger partial charge in [-0.3, -0.25) is 0 Å². The second-order valence-electron chi connectivity index (χ2n) is 11.3. The molecule has 6 rings (SSSR count). The topological polar surface area (TPSA) is 39.1 Å². The van der Waals surface area contributed by atoms with Crippen LogP contribution in [0.5, 0.6) is 0 Å². The summed E-state index contributed by atoms with van der Waals surface area (Å²) in [5.41, 5.74) is 3.42. The highest BCUT2D eigenvalue weighted by atomic mass is 32.2. The Kier molecular flexibility index (Phi) is 6.82. The lowest BCUT2D eigenvalue weighted by Gasteiger charge is -2.53. The number of nitriles is 1. The fourth-order valence-corrected chi connectivity index (χ4v) is 9.27. The molecule has 3 nitrogen and oxygen atoms in total. The van der Waals surface area contributed by atoms with E-state index in [1.54, 1.807) is 11.3 Å². The van der Waals surface area contributed by atoms with Gasteiger partial charge in [0, 0.05) is 28.8 Å². The standard InChI is InChI=1S/C31H39N3S/c1-21-9-6-15-27(34-25-13-2-4-16-28(25)35-29-17-5-3-14-26(29)34)30(21)22-10-7-11-23(19-22)31-24(20-32)12-8-18-33-31/h2-4,7-8,11-14,16,21-26,28-29,31,33H,5-6,9-10,15,17-19H2,1H3. The first-order chi connectivity index (χ1) is 17.2. The lowest BCUT2D eigenvalue weighted by atomic mass is 9.70. The van der Waals surface area contributed by atoms with E-state index in [0.29, 0.717) is 40.3 Å². The van der Waals surface area contributed by atoms with Crippen LogP contribution in [0.1, 0.15) is 51.9 Å². The third-order valence-electron chi connectivity index (χ3n) is 9.20. The van der Waals surface area contributed by atoms with Gasteiger partial charge in [0.15, 0.2) is 0 Å². The van der Waals surface area contributed by atoms with E-state index in [9.17, 15) is 5.26 Å². The minimum Gasteiger partial charge on any atom is -0.359 e. The number of nitrogens with one attached hydrogen (secondary N) is 1. The third kappa shape index (κ3) is 4.40. The first-order valence-electron chi connectivity index (χ1n) is 13.9. The van der Waals surface area contributed by atoms with Crippen LogP contribution in [0.3, 0.4) is 0 Å². The second kappa shape index (κ2) is 10.2. The van der Waals surface area contributed by atoms with Crippen LogP contribution in [-0.4, -0.2) is 40.1 Å². The predicted octanol–water partition coefficient (Wildman–Crippen LogP) is 6.31. The summed E-state index contributed by atoms with van der Waals surface area (Å²) in [7, 11) is 0. The highest BCUT2D eigenvalue weighted by Gasteiger charge is 2.45. The molecule has 0 amide bonds. The summed E-state index contributed by atoms with van der Waals surface area (Å²) in [5.74, 6) is 1.63. The van der Waals surface area contributed by atoms with Crippen LogP contribution in [-0.2, 0) is 0 Å². The SMILES string of the molecule is CC1CCCC(N2C3C=CC=CC3SC3CCC=CC32)=C1C1CC=CC(C2NCC=CC2C#N)C1. The van der Waals surface area contributed by atoms with Crippen molar-refractivity contribution in [2.24, 2.45) is 23.7 Å². The largest absolute Gasteiger partial charge is 0.359 e. The first kappa shape index (κ1) is 23.4. The molecule has 0 aromatic heterocycles. The Bertz CT molecular complexity index is 1020. The van der Waals surface area contributed by atoms with Crippen LogP contribution in [0.2, 0.25) is 0 Å². The fourth-order valence-electron chi connectivity index (χ4n) is 7.65. The molecule has 0 spiro atoms. The monoisotopic (exact) mass is 485 g/mol. The van der Waals surface area contributed by atoms with Gasteiger partial charge in [-0.2, -0.15) is 5.26 Å². The average Bonchev–Trinajstić information content (AvgIpc) is 2.91. The lowest BCUT2D eigenvalue weighted by Crippen LogP contribution is -2.56. The van der Waals surface area contributed by atoms with Crippen molar-refractivity contribution >= 4 is 11.8 Å². The zero-order valence-corrected chi connectivity index (χ0v) is 21.7. The molecule has 0 radical (unpaired) electrons. The molecule has 1 saturated heterocycles. The molecule has 2 heterocycles. The molecule has 0 aromatic rings. The molecular formula is C31H39N3S. The number of rotatable bonds is 3. The van der Waals surface area contributed by atoms with Crippen molar-refractivity contribution in [1.29, 1.82) is 5.26 Å². The van der Waals surface area contributed by atoms with Crippen LogP contribution in [0.15, 0.2) is 72.0 Å².